The molecule has 1 spiro atoms. The average Bonchev–Trinajstić information content (AvgIpc) is 3.13. The summed E-state index contributed by atoms with van der Waals surface area (Å²) >= 11 is 3.77. The maximum Gasteiger partial charge on any atom is 0.222 e. The van der Waals surface area contributed by atoms with Crippen LogP contribution < -0.4 is 9.47 Å². The SMILES string of the molecule is CCCCCCCCCCCCCCCC(=O)N1CCC23C=C[C@H](O)CC2Oc2c(OC)cc(Br)c(c23)C1. The zero-order valence-corrected chi connectivity index (χ0v) is 25.2. The predicted molar refractivity (Wildman–Crippen MR) is 157 cm³/mol. The number of aliphatic hydroxyl groups excluding tert-OH is 1. The molecule has 38 heavy (non-hydrogen) atoms. The van der Waals surface area contributed by atoms with E-state index in [1.165, 1.54) is 70.6 Å². The minimum Gasteiger partial charge on any atom is -0.493 e. The van der Waals surface area contributed by atoms with Crippen LogP contribution in [0.3, 0.4) is 0 Å². The molecule has 6 heteroatoms. The molecular weight excluding hydrogens is 542 g/mol. The summed E-state index contributed by atoms with van der Waals surface area (Å²) in [5, 5.41) is 10.3. The van der Waals surface area contributed by atoms with Gasteiger partial charge in [0.25, 0.3) is 0 Å². The third-order valence-electron chi connectivity index (χ3n) is 8.88. The largest absolute Gasteiger partial charge is 0.493 e. The molecule has 1 aromatic carbocycles. The van der Waals surface area contributed by atoms with E-state index in [2.05, 4.69) is 28.9 Å². The number of nitrogens with zero attached hydrogens (tertiary/aromatic N) is 1. The molecule has 0 radical (unpaired) electrons. The van der Waals surface area contributed by atoms with Crippen molar-refractivity contribution >= 4 is 21.8 Å². The third kappa shape index (κ3) is 6.78. The summed E-state index contributed by atoms with van der Waals surface area (Å²) < 4.78 is 13.0. The topological polar surface area (TPSA) is 59.0 Å². The van der Waals surface area contributed by atoms with Gasteiger partial charge in [0, 0.05) is 36.0 Å². The number of ether oxygens (including phenoxy) is 2. The Hall–Kier alpha value is -1.53. The van der Waals surface area contributed by atoms with E-state index in [1.807, 2.05) is 17.0 Å². The van der Waals surface area contributed by atoms with E-state index in [1.54, 1.807) is 7.11 Å². The Labute approximate surface area is 238 Å². The summed E-state index contributed by atoms with van der Waals surface area (Å²) in [4.78, 5) is 15.4. The van der Waals surface area contributed by atoms with Crippen LogP contribution in [-0.4, -0.2) is 41.8 Å². The maximum atomic E-state index is 13.3. The summed E-state index contributed by atoms with van der Waals surface area (Å²) in [6, 6.07) is 1.96. The van der Waals surface area contributed by atoms with Crippen LogP contribution in [0.25, 0.3) is 0 Å². The molecule has 3 atom stereocenters. The molecule has 5 nitrogen and oxygen atoms in total. The van der Waals surface area contributed by atoms with E-state index in [0.29, 0.717) is 31.7 Å². The number of methoxy groups -OCH3 is 1. The van der Waals surface area contributed by atoms with Gasteiger partial charge in [0.05, 0.1) is 18.6 Å². The highest BCUT2D eigenvalue weighted by atomic mass is 79.9. The molecule has 1 aromatic rings. The fourth-order valence-electron chi connectivity index (χ4n) is 6.63. The average molecular weight is 591 g/mol. The van der Waals surface area contributed by atoms with Crippen molar-refractivity contribution in [3.8, 4) is 11.5 Å². The number of amides is 1. The molecule has 4 rings (SSSR count). The third-order valence-corrected chi connectivity index (χ3v) is 9.59. The van der Waals surface area contributed by atoms with Gasteiger partial charge in [-0.25, -0.2) is 0 Å². The number of benzene rings is 1. The standard InChI is InChI=1S/C32H48BrNO4/c1-3-4-5-6-7-8-9-10-11-12-13-14-15-16-29(36)34-20-19-32-18-17-24(35)21-28(32)38-31-27(37-2)22-26(33)25(23-34)30(31)32/h17-18,22,24,28,35H,3-16,19-21,23H2,1-2H3/t24-,28?,32?/m0/s1. The monoisotopic (exact) mass is 589 g/mol. The van der Waals surface area contributed by atoms with E-state index < -0.39 is 6.10 Å². The summed E-state index contributed by atoms with van der Waals surface area (Å²) in [5.74, 6) is 1.73. The molecule has 0 fully saturated rings. The first kappa shape index (κ1) is 29.5. The van der Waals surface area contributed by atoms with Gasteiger partial charge in [0.1, 0.15) is 6.10 Å². The van der Waals surface area contributed by atoms with Gasteiger partial charge < -0.3 is 19.5 Å². The molecule has 212 valence electrons. The smallest absolute Gasteiger partial charge is 0.222 e. The normalized spacial score (nSPS) is 23.5. The molecule has 2 heterocycles. The Morgan fingerprint density at radius 2 is 1.71 bits per heavy atom. The van der Waals surface area contributed by atoms with Gasteiger partial charge in [-0.15, -0.1) is 0 Å². The Morgan fingerprint density at radius 3 is 2.34 bits per heavy atom. The number of aliphatic hydroxyl groups is 1. The van der Waals surface area contributed by atoms with Crippen molar-refractivity contribution in [2.75, 3.05) is 13.7 Å². The van der Waals surface area contributed by atoms with Crippen LogP contribution in [0.1, 0.15) is 121 Å². The van der Waals surface area contributed by atoms with Crippen LogP contribution in [0.2, 0.25) is 0 Å². The zero-order valence-electron chi connectivity index (χ0n) is 23.6. The molecule has 1 aliphatic carbocycles. The van der Waals surface area contributed by atoms with Gasteiger partial charge in [-0.2, -0.15) is 0 Å². The van der Waals surface area contributed by atoms with Crippen LogP contribution in [-0.2, 0) is 16.8 Å². The second-order valence-corrected chi connectivity index (χ2v) is 12.5. The first-order valence-corrected chi connectivity index (χ1v) is 16.0. The number of halogens is 1. The molecule has 1 amide bonds. The highest BCUT2D eigenvalue weighted by Gasteiger charge is 2.53. The minimum atomic E-state index is -0.505. The fourth-order valence-corrected chi connectivity index (χ4v) is 7.16. The van der Waals surface area contributed by atoms with Gasteiger partial charge in [0.2, 0.25) is 5.91 Å². The van der Waals surface area contributed by atoms with Crippen molar-refractivity contribution in [3.63, 3.8) is 0 Å². The number of carbonyl (C=O) groups excluding carboxylic acids is 1. The Balaban J connectivity index is 1.25. The summed E-state index contributed by atoms with van der Waals surface area (Å²) in [7, 11) is 1.66. The second kappa shape index (κ2) is 14.2. The molecule has 0 saturated carbocycles. The van der Waals surface area contributed by atoms with E-state index in [9.17, 15) is 9.90 Å². The quantitative estimate of drug-likeness (QED) is 0.166. The maximum absolute atomic E-state index is 13.3. The lowest BCUT2D eigenvalue weighted by Crippen LogP contribution is -2.43. The Morgan fingerprint density at radius 1 is 1.08 bits per heavy atom. The lowest BCUT2D eigenvalue weighted by Gasteiger charge is -2.35. The highest BCUT2D eigenvalue weighted by Crippen LogP contribution is 2.57. The van der Waals surface area contributed by atoms with Crippen molar-refractivity contribution in [2.45, 2.75) is 134 Å². The first-order valence-electron chi connectivity index (χ1n) is 15.2. The molecule has 2 aliphatic heterocycles. The van der Waals surface area contributed by atoms with Crippen LogP contribution in [0.15, 0.2) is 22.7 Å². The van der Waals surface area contributed by atoms with Crippen molar-refractivity contribution in [3.05, 3.63) is 33.8 Å². The number of hydrogen-bond acceptors (Lipinski definition) is 4. The number of hydrogen-bond donors (Lipinski definition) is 1. The van der Waals surface area contributed by atoms with Crippen LogP contribution in [0.5, 0.6) is 11.5 Å². The van der Waals surface area contributed by atoms with Gasteiger partial charge in [-0.1, -0.05) is 112 Å². The summed E-state index contributed by atoms with van der Waals surface area (Å²) in [6.07, 6.45) is 22.4. The van der Waals surface area contributed by atoms with E-state index >= 15 is 0 Å². The van der Waals surface area contributed by atoms with Crippen molar-refractivity contribution < 1.29 is 19.4 Å². The molecular formula is C32H48BrNO4. The van der Waals surface area contributed by atoms with Gasteiger partial charge >= 0.3 is 0 Å². The lowest BCUT2D eigenvalue weighted by atomic mass is 9.69. The summed E-state index contributed by atoms with van der Waals surface area (Å²) in [5.41, 5.74) is 1.92. The molecule has 3 aliphatic rings. The second-order valence-electron chi connectivity index (χ2n) is 11.6. The fraction of sp³-hybridized carbons (Fsp3) is 0.719. The lowest BCUT2D eigenvalue weighted by molar-refractivity contribution is -0.132. The van der Waals surface area contributed by atoms with Crippen LogP contribution in [0.4, 0.5) is 0 Å². The van der Waals surface area contributed by atoms with Gasteiger partial charge in [0.15, 0.2) is 11.5 Å². The van der Waals surface area contributed by atoms with E-state index in [-0.39, 0.29) is 17.4 Å². The highest BCUT2D eigenvalue weighted by molar-refractivity contribution is 9.10. The number of carbonyl (C=O) groups is 1. The predicted octanol–water partition coefficient (Wildman–Crippen LogP) is 7.99. The minimum absolute atomic E-state index is 0.143. The molecule has 0 saturated heterocycles. The van der Waals surface area contributed by atoms with Crippen LogP contribution >= 0.6 is 15.9 Å². The summed E-state index contributed by atoms with van der Waals surface area (Å²) in [6.45, 7) is 3.55. The Kier molecular flexibility index (Phi) is 11.0. The van der Waals surface area contributed by atoms with Gasteiger partial charge in [-0.3, -0.25) is 4.79 Å². The van der Waals surface area contributed by atoms with Gasteiger partial charge in [-0.05, 0) is 24.5 Å². The van der Waals surface area contributed by atoms with Crippen LogP contribution in [0, 0.1) is 0 Å². The van der Waals surface area contributed by atoms with E-state index in [0.717, 1.165) is 40.6 Å². The Bertz CT molecular complexity index is 963. The van der Waals surface area contributed by atoms with Crippen molar-refractivity contribution in [1.29, 1.82) is 0 Å². The number of unbranched alkanes of at least 4 members (excludes halogenated alkanes) is 12. The first-order chi connectivity index (χ1) is 18.5. The number of rotatable bonds is 15. The van der Waals surface area contributed by atoms with Crippen molar-refractivity contribution in [1.82, 2.24) is 4.90 Å². The molecule has 0 aromatic heterocycles. The van der Waals surface area contributed by atoms with Crippen molar-refractivity contribution in [2.24, 2.45) is 0 Å². The molecule has 0 bridgehead atoms. The van der Waals surface area contributed by atoms with E-state index in [4.69, 9.17) is 9.47 Å². The molecule has 1 N–H and O–H groups in total. The molecule has 2 unspecified atom stereocenters. The zero-order chi connectivity index (χ0) is 27.0.